The average molecular weight is 305 g/mol. The molecule has 0 aromatic heterocycles. The van der Waals surface area contributed by atoms with E-state index in [-0.39, 0.29) is 0 Å². The lowest BCUT2D eigenvalue weighted by Gasteiger charge is -2.14. The first kappa shape index (κ1) is 15.9. The molecule has 0 saturated carbocycles. The van der Waals surface area contributed by atoms with E-state index in [4.69, 9.17) is 19.4 Å². The van der Waals surface area contributed by atoms with Crippen LogP contribution in [-0.4, -0.2) is 29.4 Å². The van der Waals surface area contributed by atoms with Gasteiger partial charge in [0, 0.05) is 31.4 Å². The molecule has 0 spiro atoms. The highest BCUT2D eigenvalue weighted by molar-refractivity contribution is 5.94. The molecule has 1 aromatic carbocycles. The molecule has 118 valence electrons. The summed E-state index contributed by atoms with van der Waals surface area (Å²) in [5.74, 6) is -0.508. The van der Waals surface area contributed by atoms with E-state index < -0.39 is 11.8 Å². The Morgan fingerprint density at radius 3 is 2.59 bits per heavy atom. The van der Waals surface area contributed by atoms with Gasteiger partial charge in [0.15, 0.2) is 0 Å². The van der Waals surface area contributed by atoms with E-state index in [9.17, 15) is 4.79 Å². The van der Waals surface area contributed by atoms with Gasteiger partial charge in [0.05, 0.1) is 6.61 Å². The van der Waals surface area contributed by atoms with Gasteiger partial charge < -0.3 is 19.4 Å². The smallest absolute Gasteiger partial charge is 0.330 e. The summed E-state index contributed by atoms with van der Waals surface area (Å²) in [4.78, 5) is 15.8. The summed E-state index contributed by atoms with van der Waals surface area (Å²) in [6.07, 6.45) is 2.18. The summed E-state index contributed by atoms with van der Waals surface area (Å²) in [5.41, 5.74) is 1.12. The van der Waals surface area contributed by atoms with Crippen LogP contribution in [0.5, 0.6) is 5.75 Å². The van der Waals surface area contributed by atoms with E-state index in [2.05, 4.69) is 5.16 Å². The highest BCUT2D eigenvalue weighted by Gasteiger charge is 2.30. The minimum Gasteiger partial charge on any atom is -0.493 e. The van der Waals surface area contributed by atoms with Crippen molar-refractivity contribution >= 4 is 11.9 Å². The van der Waals surface area contributed by atoms with Gasteiger partial charge in [-0.2, -0.15) is 0 Å². The molecule has 0 amide bonds. The zero-order valence-corrected chi connectivity index (χ0v) is 12.8. The van der Waals surface area contributed by atoms with Crippen molar-refractivity contribution in [1.29, 1.82) is 0 Å². The van der Waals surface area contributed by atoms with Gasteiger partial charge in [-0.25, -0.2) is 4.79 Å². The number of rotatable bonds is 6. The van der Waals surface area contributed by atoms with Crippen molar-refractivity contribution in [2.24, 2.45) is 5.16 Å². The number of oxime groups is 1. The van der Waals surface area contributed by atoms with Crippen molar-refractivity contribution in [3.63, 3.8) is 0 Å². The molecule has 1 aliphatic rings. The van der Waals surface area contributed by atoms with Crippen molar-refractivity contribution in [2.75, 3.05) is 6.61 Å². The van der Waals surface area contributed by atoms with Crippen molar-refractivity contribution in [3.05, 3.63) is 41.5 Å². The Balaban J connectivity index is 1.85. The Labute approximate surface area is 129 Å². The zero-order valence-electron chi connectivity index (χ0n) is 12.8. The van der Waals surface area contributed by atoms with Gasteiger partial charge in [-0.1, -0.05) is 6.08 Å². The van der Waals surface area contributed by atoms with Crippen LogP contribution in [-0.2, 0) is 14.4 Å². The fourth-order valence-electron chi connectivity index (χ4n) is 1.77. The molecule has 0 aliphatic carbocycles. The maximum Gasteiger partial charge on any atom is 0.330 e. The molecule has 6 heteroatoms. The summed E-state index contributed by atoms with van der Waals surface area (Å²) in [6.45, 7) is 5.54. The lowest BCUT2D eigenvalue weighted by atomic mass is 10.2. The first-order valence-corrected chi connectivity index (χ1v) is 6.96. The normalized spacial score (nSPS) is 16.5. The summed E-state index contributed by atoms with van der Waals surface area (Å²) < 4.78 is 11.1. The molecule has 1 aromatic rings. The number of ether oxygens (including phenoxy) is 2. The van der Waals surface area contributed by atoms with Crippen LogP contribution in [0.1, 0.15) is 32.8 Å². The Kier molecular flexibility index (Phi) is 4.70. The molecule has 2 rings (SSSR count). The molecule has 0 atom stereocenters. The van der Waals surface area contributed by atoms with Crippen LogP contribution < -0.4 is 4.74 Å². The average Bonchev–Trinajstić information content (AvgIpc) is 2.84. The van der Waals surface area contributed by atoms with Gasteiger partial charge in [-0.15, -0.1) is 0 Å². The molecular weight excluding hydrogens is 286 g/mol. The monoisotopic (exact) mass is 305 g/mol. The van der Waals surface area contributed by atoms with Gasteiger partial charge in [0.1, 0.15) is 5.75 Å². The molecule has 1 N–H and O–H groups in total. The van der Waals surface area contributed by atoms with Crippen molar-refractivity contribution in [2.45, 2.75) is 33.0 Å². The predicted octanol–water partition coefficient (Wildman–Crippen LogP) is 2.93. The first-order chi connectivity index (χ1) is 10.4. The van der Waals surface area contributed by atoms with E-state index in [0.717, 1.165) is 5.56 Å². The largest absolute Gasteiger partial charge is 0.493 e. The van der Waals surface area contributed by atoms with Crippen LogP contribution in [0.15, 0.2) is 41.1 Å². The summed E-state index contributed by atoms with van der Waals surface area (Å²) in [6, 6.07) is 7.27. The Morgan fingerprint density at radius 2 is 2.05 bits per heavy atom. The Bertz CT molecular complexity index is 601. The van der Waals surface area contributed by atoms with Crippen LogP contribution in [0, 0.1) is 0 Å². The maximum absolute atomic E-state index is 10.6. The highest BCUT2D eigenvalue weighted by Crippen LogP contribution is 2.23. The minimum absolute atomic E-state index is 0.318. The van der Waals surface area contributed by atoms with E-state index in [1.165, 1.54) is 0 Å². The lowest BCUT2D eigenvalue weighted by Crippen LogP contribution is -2.22. The fraction of sp³-hybridized carbons (Fsp3) is 0.375. The first-order valence-electron chi connectivity index (χ1n) is 6.96. The molecule has 6 nitrogen and oxygen atoms in total. The van der Waals surface area contributed by atoms with Crippen LogP contribution >= 0.6 is 0 Å². The van der Waals surface area contributed by atoms with E-state index >= 15 is 0 Å². The number of carboxylic acid groups (broad SMARTS) is 1. The van der Waals surface area contributed by atoms with Crippen molar-refractivity contribution in [1.82, 2.24) is 0 Å². The molecule has 0 unspecified atom stereocenters. The third-order valence-electron chi connectivity index (χ3n) is 2.97. The fourth-order valence-corrected chi connectivity index (χ4v) is 1.77. The third-order valence-corrected chi connectivity index (χ3v) is 2.97. The number of benzene rings is 1. The quantitative estimate of drug-likeness (QED) is 0.646. The van der Waals surface area contributed by atoms with Crippen LogP contribution in [0.25, 0.3) is 0 Å². The molecule has 0 radical (unpaired) electrons. The second-order valence-corrected chi connectivity index (χ2v) is 5.34. The van der Waals surface area contributed by atoms with E-state index in [1.807, 2.05) is 12.1 Å². The van der Waals surface area contributed by atoms with Crippen LogP contribution in [0.2, 0.25) is 0 Å². The minimum atomic E-state index is -0.910. The van der Waals surface area contributed by atoms with E-state index in [1.54, 1.807) is 39.0 Å². The molecule has 0 bridgehead atoms. The Morgan fingerprint density at radius 1 is 1.36 bits per heavy atom. The van der Waals surface area contributed by atoms with Gasteiger partial charge >= 0.3 is 5.97 Å². The zero-order chi connectivity index (χ0) is 16.2. The maximum atomic E-state index is 10.6. The number of aliphatic carboxylic acids is 1. The predicted molar refractivity (Wildman–Crippen MR) is 80.7 cm³/mol. The number of carbonyl (C=O) groups is 1. The number of carboxylic acids is 1. The number of hydrogen-bond acceptors (Lipinski definition) is 5. The van der Waals surface area contributed by atoms with E-state index in [0.29, 0.717) is 30.2 Å². The second kappa shape index (κ2) is 6.51. The molecule has 1 heterocycles. The van der Waals surface area contributed by atoms with Crippen LogP contribution in [0.3, 0.4) is 0 Å². The molecule has 0 saturated heterocycles. The number of hydrogen-bond donors (Lipinski definition) is 1. The summed E-state index contributed by atoms with van der Waals surface area (Å²) >= 11 is 0. The standard InChI is InChI=1S/C16H19NO5/c1-11(15(18)19)5-4-10-20-13-8-6-12(7-9-13)14-17-22-16(2,3)21-14/h5-9H,4,10H2,1-3H3,(H,18,19). The topological polar surface area (TPSA) is 77.3 Å². The molecule has 1 aliphatic heterocycles. The Hall–Kier alpha value is -2.50. The highest BCUT2D eigenvalue weighted by atomic mass is 16.8. The van der Waals surface area contributed by atoms with Gasteiger partial charge in [-0.05, 0) is 36.3 Å². The van der Waals surface area contributed by atoms with Gasteiger partial charge in [0.25, 0.3) is 11.7 Å². The SMILES string of the molecule is CC(=CCCOc1ccc(C2=NOC(C)(C)O2)cc1)C(=O)O. The van der Waals surface area contributed by atoms with Crippen molar-refractivity contribution in [3.8, 4) is 5.75 Å². The van der Waals surface area contributed by atoms with Crippen molar-refractivity contribution < 1.29 is 24.2 Å². The van der Waals surface area contributed by atoms with Crippen LogP contribution in [0.4, 0.5) is 0 Å². The molecular formula is C16H19NO5. The second-order valence-electron chi connectivity index (χ2n) is 5.34. The summed E-state index contributed by atoms with van der Waals surface area (Å²) in [7, 11) is 0. The van der Waals surface area contributed by atoms with Gasteiger partial charge in [-0.3, -0.25) is 0 Å². The summed E-state index contributed by atoms with van der Waals surface area (Å²) in [5, 5.41) is 12.6. The molecule has 0 fully saturated rings. The van der Waals surface area contributed by atoms with Gasteiger partial charge in [0.2, 0.25) is 0 Å². The lowest BCUT2D eigenvalue weighted by molar-refractivity contribution is -0.132. The number of nitrogens with zero attached hydrogens (tertiary/aromatic N) is 1. The third kappa shape index (κ3) is 4.25. The molecule has 22 heavy (non-hydrogen) atoms.